The van der Waals surface area contributed by atoms with Gasteiger partial charge in [0.25, 0.3) is 5.91 Å². The van der Waals surface area contributed by atoms with Gasteiger partial charge >= 0.3 is 0 Å². The van der Waals surface area contributed by atoms with Crippen molar-refractivity contribution < 1.29 is 19.0 Å². The minimum atomic E-state index is -0.0229. The number of fused-ring (bicyclic) bond motifs is 1. The number of H-pyrrole nitrogens is 1. The Labute approximate surface area is 186 Å². The van der Waals surface area contributed by atoms with Crippen molar-refractivity contribution in [3.05, 3.63) is 54.2 Å². The van der Waals surface area contributed by atoms with Gasteiger partial charge in [-0.2, -0.15) is 5.10 Å². The molecule has 2 N–H and O–H groups in total. The summed E-state index contributed by atoms with van der Waals surface area (Å²) in [6, 6.07) is 13.6. The Kier molecular flexibility index (Phi) is 5.58. The number of piperidine rings is 1. The summed E-state index contributed by atoms with van der Waals surface area (Å²) in [5.41, 5.74) is 3.11. The normalized spacial score (nSPS) is 17.7. The summed E-state index contributed by atoms with van der Waals surface area (Å²) in [6.07, 6.45) is 3.53. The van der Waals surface area contributed by atoms with E-state index in [0.29, 0.717) is 31.0 Å². The largest absolute Gasteiger partial charge is 0.497 e. The van der Waals surface area contributed by atoms with Crippen LogP contribution in [0.1, 0.15) is 23.2 Å². The van der Waals surface area contributed by atoms with Crippen molar-refractivity contribution in [2.75, 3.05) is 38.7 Å². The molecule has 0 aliphatic carbocycles. The number of methoxy groups -OCH3 is 1. The summed E-state index contributed by atoms with van der Waals surface area (Å²) in [5.74, 6) is 2.24. The van der Waals surface area contributed by atoms with Crippen LogP contribution in [0.5, 0.6) is 17.2 Å². The first-order valence-corrected chi connectivity index (χ1v) is 10.8. The fourth-order valence-electron chi connectivity index (χ4n) is 4.27. The first kappa shape index (κ1) is 20.2. The Morgan fingerprint density at radius 3 is 2.94 bits per heavy atom. The predicted molar refractivity (Wildman–Crippen MR) is 121 cm³/mol. The fourth-order valence-corrected chi connectivity index (χ4v) is 4.27. The maximum atomic E-state index is 13.4. The molecule has 166 valence electrons. The molecule has 0 saturated carbocycles. The van der Waals surface area contributed by atoms with Gasteiger partial charge in [-0.25, -0.2) is 0 Å². The molecule has 0 bridgehead atoms. The van der Waals surface area contributed by atoms with Crippen molar-refractivity contribution in [3.63, 3.8) is 0 Å². The molecule has 3 heterocycles. The Bertz CT molecular complexity index is 1110. The standard InChI is InChI=1S/C24H26N4O4/c1-30-19-6-2-4-16(12-19)23-20(14-25-27-23)24(29)28-9-3-5-18(15-28)26-17-7-8-21-22(13-17)32-11-10-31-21/h2,4,6-8,12-14,18,26H,3,5,9-11,15H2,1H3,(H,25,27)/t18-/m0/s1. The molecule has 2 aliphatic rings. The maximum absolute atomic E-state index is 13.4. The smallest absolute Gasteiger partial charge is 0.257 e. The first-order chi connectivity index (χ1) is 15.7. The highest BCUT2D eigenvalue weighted by atomic mass is 16.6. The molecule has 0 radical (unpaired) electrons. The molecule has 2 aliphatic heterocycles. The van der Waals surface area contributed by atoms with Crippen LogP contribution in [0.25, 0.3) is 11.3 Å². The number of carbonyl (C=O) groups is 1. The van der Waals surface area contributed by atoms with E-state index in [9.17, 15) is 4.79 Å². The number of ether oxygens (including phenoxy) is 3. The van der Waals surface area contributed by atoms with Gasteiger partial charge < -0.3 is 24.4 Å². The van der Waals surface area contributed by atoms with Crippen LogP contribution in [0.2, 0.25) is 0 Å². The van der Waals surface area contributed by atoms with Crippen LogP contribution in [-0.2, 0) is 0 Å². The highest BCUT2D eigenvalue weighted by molar-refractivity contribution is 6.00. The zero-order chi connectivity index (χ0) is 21.9. The van der Waals surface area contributed by atoms with E-state index in [1.54, 1.807) is 13.3 Å². The highest BCUT2D eigenvalue weighted by Gasteiger charge is 2.27. The molecule has 3 aromatic rings. The van der Waals surface area contributed by atoms with E-state index in [4.69, 9.17) is 14.2 Å². The molecule has 8 nitrogen and oxygen atoms in total. The number of hydrogen-bond donors (Lipinski definition) is 2. The molecule has 1 saturated heterocycles. The van der Waals surface area contributed by atoms with Crippen LogP contribution in [0.3, 0.4) is 0 Å². The van der Waals surface area contributed by atoms with E-state index in [0.717, 1.165) is 47.9 Å². The third kappa shape index (κ3) is 4.08. The lowest BCUT2D eigenvalue weighted by atomic mass is 10.0. The molecule has 2 aromatic carbocycles. The Hall–Kier alpha value is -3.68. The number of nitrogens with one attached hydrogen (secondary N) is 2. The van der Waals surface area contributed by atoms with Gasteiger partial charge in [0.15, 0.2) is 11.5 Å². The third-order valence-corrected chi connectivity index (χ3v) is 5.85. The van der Waals surface area contributed by atoms with E-state index < -0.39 is 0 Å². The SMILES string of the molecule is COc1cccc(-c2[nH]ncc2C(=O)N2CCC[C@H](Nc3ccc4c(c3)OCCO4)C2)c1. The number of aromatic nitrogens is 2. The van der Waals surface area contributed by atoms with Crippen molar-refractivity contribution in [1.29, 1.82) is 0 Å². The quantitative estimate of drug-likeness (QED) is 0.638. The van der Waals surface area contributed by atoms with Crippen LogP contribution in [-0.4, -0.2) is 60.5 Å². The number of anilines is 1. The molecule has 32 heavy (non-hydrogen) atoms. The van der Waals surface area contributed by atoms with Crippen molar-refractivity contribution >= 4 is 11.6 Å². The number of likely N-dealkylation sites (tertiary alicyclic amines) is 1. The van der Waals surface area contributed by atoms with Crippen molar-refractivity contribution in [2.24, 2.45) is 0 Å². The predicted octanol–water partition coefficient (Wildman–Crippen LogP) is 3.57. The minimum Gasteiger partial charge on any atom is -0.497 e. The lowest BCUT2D eigenvalue weighted by Crippen LogP contribution is -2.45. The second-order valence-corrected chi connectivity index (χ2v) is 7.98. The molecule has 8 heteroatoms. The number of hydrogen-bond acceptors (Lipinski definition) is 6. The van der Waals surface area contributed by atoms with Gasteiger partial charge in [0.1, 0.15) is 19.0 Å². The summed E-state index contributed by atoms with van der Waals surface area (Å²) in [6.45, 7) is 2.48. The lowest BCUT2D eigenvalue weighted by Gasteiger charge is -2.34. The Morgan fingerprint density at radius 2 is 2.06 bits per heavy atom. The topological polar surface area (TPSA) is 88.7 Å². The average Bonchev–Trinajstić information content (AvgIpc) is 3.34. The van der Waals surface area contributed by atoms with Crippen LogP contribution in [0.4, 0.5) is 5.69 Å². The summed E-state index contributed by atoms with van der Waals surface area (Å²) in [4.78, 5) is 15.3. The second kappa shape index (κ2) is 8.82. The van der Waals surface area contributed by atoms with Crippen LogP contribution in [0.15, 0.2) is 48.7 Å². The van der Waals surface area contributed by atoms with Gasteiger partial charge in [-0.3, -0.25) is 9.89 Å². The number of benzene rings is 2. The zero-order valence-electron chi connectivity index (χ0n) is 18.0. The van der Waals surface area contributed by atoms with Gasteiger partial charge in [0.05, 0.1) is 24.6 Å². The molecular formula is C24H26N4O4. The van der Waals surface area contributed by atoms with Gasteiger partial charge in [0, 0.05) is 36.4 Å². The molecule has 0 unspecified atom stereocenters. The van der Waals surface area contributed by atoms with Crippen LogP contribution in [0, 0.1) is 0 Å². The minimum absolute atomic E-state index is 0.0229. The molecule has 1 fully saturated rings. The average molecular weight is 434 g/mol. The number of nitrogens with zero attached hydrogens (tertiary/aromatic N) is 2. The van der Waals surface area contributed by atoms with Gasteiger partial charge in [-0.1, -0.05) is 12.1 Å². The van der Waals surface area contributed by atoms with E-state index >= 15 is 0 Å². The zero-order valence-corrected chi connectivity index (χ0v) is 18.0. The molecule has 1 atom stereocenters. The van der Waals surface area contributed by atoms with Crippen molar-refractivity contribution in [3.8, 4) is 28.5 Å². The summed E-state index contributed by atoms with van der Waals surface area (Å²) in [7, 11) is 1.63. The van der Waals surface area contributed by atoms with Crippen molar-refractivity contribution in [2.45, 2.75) is 18.9 Å². The number of carbonyl (C=O) groups excluding carboxylic acids is 1. The molecule has 5 rings (SSSR count). The lowest BCUT2D eigenvalue weighted by molar-refractivity contribution is 0.0715. The van der Waals surface area contributed by atoms with E-state index in [1.807, 2.05) is 47.4 Å². The molecular weight excluding hydrogens is 408 g/mol. The number of aromatic amines is 1. The maximum Gasteiger partial charge on any atom is 0.257 e. The number of amides is 1. The fraction of sp³-hybridized carbons (Fsp3) is 0.333. The first-order valence-electron chi connectivity index (χ1n) is 10.8. The second-order valence-electron chi connectivity index (χ2n) is 7.98. The highest BCUT2D eigenvalue weighted by Crippen LogP contribution is 2.33. The van der Waals surface area contributed by atoms with E-state index in [1.165, 1.54) is 0 Å². The Balaban J connectivity index is 1.30. The van der Waals surface area contributed by atoms with Gasteiger partial charge in [-0.15, -0.1) is 0 Å². The van der Waals surface area contributed by atoms with E-state index in [2.05, 4.69) is 15.5 Å². The summed E-state index contributed by atoms with van der Waals surface area (Å²) in [5, 5.41) is 10.7. The molecule has 1 amide bonds. The van der Waals surface area contributed by atoms with Crippen molar-refractivity contribution in [1.82, 2.24) is 15.1 Å². The van der Waals surface area contributed by atoms with Crippen LogP contribution < -0.4 is 19.5 Å². The molecule has 1 aromatic heterocycles. The summed E-state index contributed by atoms with van der Waals surface area (Å²) < 4.78 is 16.6. The Morgan fingerprint density at radius 1 is 1.19 bits per heavy atom. The van der Waals surface area contributed by atoms with Crippen LogP contribution >= 0.6 is 0 Å². The number of rotatable bonds is 5. The monoisotopic (exact) mass is 434 g/mol. The van der Waals surface area contributed by atoms with Gasteiger partial charge in [0.2, 0.25) is 0 Å². The summed E-state index contributed by atoms with van der Waals surface area (Å²) >= 11 is 0. The third-order valence-electron chi connectivity index (χ3n) is 5.85. The van der Waals surface area contributed by atoms with Gasteiger partial charge in [-0.05, 0) is 37.1 Å². The molecule has 0 spiro atoms. The van der Waals surface area contributed by atoms with E-state index in [-0.39, 0.29) is 11.9 Å².